The monoisotopic (exact) mass is 442 g/mol. The number of fused-ring (bicyclic) bond motifs is 4. The van der Waals surface area contributed by atoms with Gasteiger partial charge in [0.1, 0.15) is 4.83 Å². The van der Waals surface area contributed by atoms with Gasteiger partial charge in [0, 0.05) is 29.4 Å². The van der Waals surface area contributed by atoms with Gasteiger partial charge in [0.15, 0.2) is 0 Å². The molecular formula is C26H26N4OS. The summed E-state index contributed by atoms with van der Waals surface area (Å²) in [6.07, 6.45) is 11.4. The minimum absolute atomic E-state index is 0.147. The molecule has 0 saturated carbocycles. The normalized spacial score (nSPS) is 18.1. The maximum Gasteiger partial charge on any atom is 0.262 e. The number of thiophene rings is 1. The Kier molecular flexibility index (Phi) is 5.12. The van der Waals surface area contributed by atoms with Gasteiger partial charge in [0.2, 0.25) is 0 Å². The van der Waals surface area contributed by atoms with E-state index in [9.17, 15) is 4.79 Å². The van der Waals surface area contributed by atoms with Crippen molar-refractivity contribution < 1.29 is 0 Å². The molecule has 32 heavy (non-hydrogen) atoms. The van der Waals surface area contributed by atoms with Crippen molar-refractivity contribution in [3.63, 3.8) is 0 Å². The summed E-state index contributed by atoms with van der Waals surface area (Å²) < 4.78 is 1.90. The van der Waals surface area contributed by atoms with Gasteiger partial charge in [0.25, 0.3) is 5.56 Å². The molecule has 0 bridgehead atoms. The Labute approximate surface area is 191 Å². The third-order valence-corrected chi connectivity index (χ3v) is 8.15. The number of aryl methyl sites for hydroxylation is 1. The molecule has 1 N–H and O–H groups in total. The van der Waals surface area contributed by atoms with Crippen molar-refractivity contribution in [1.29, 1.82) is 0 Å². The molecule has 162 valence electrons. The van der Waals surface area contributed by atoms with Crippen LogP contribution in [-0.2, 0) is 32.1 Å². The number of hydrogen-bond acceptors (Lipinski definition) is 5. The average Bonchev–Trinajstić information content (AvgIpc) is 3.41. The van der Waals surface area contributed by atoms with Crippen molar-refractivity contribution in [1.82, 2.24) is 19.9 Å². The number of benzene rings is 1. The lowest BCUT2D eigenvalue weighted by Crippen LogP contribution is -2.35. The molecule has 2 aliphatic carbocycles. The fraction of sp³-hybridized carbons (Fsp3) is 0.346. The first-order chi connectivity index (χ1) is 15.8. The van der Waals surface area contributed by atoms with Gasteiger partial charge in [-0.05, 0) is 73.4 Å². The molecule has 2 aliphatic rings. The largest absolute Gasteiger partial charge is 0.313 e. The van der Waals surface area contributed by atoms with Crippen molar-refractivity contribution in [2.75, 3.05) is 6.54 Å². The van der Waals surface area contributed by atoms with E-state index in [0.717, 1.165) is 55.3 Å². The van der Waals surface area contributed by atoms with Gasteiger partial charge in [-0.25, -0.2) is 4.98 Å². The van der Waals surface area contributed by atoms with Crippen LogP contribution in [0.4, 0.5) is 0 Å². The van der Waals surface area contributed by atoms with Crippen LogP contribution in [0, 0.1) is 0 Å². The van der Waals surface area contributed by atoms with Gasteiger partial charge < -0.3 is 5.32 Å². The second kappa shape index (κ2) is 8.26. The second-order valence-electron chi connectivity index (χ2n) is 8.98. The summed E-state index contributed by atoms with van der Waals surface area (Å²) in [6.45, 7) is 0.948. The van der Waals surface area contributed by atoms with Crippen LogP contribution in [-0.4, -0.2) is 27.1 Å². The fourth-order valence-corrected chi connectivity index (χ4v) is 6.57. The number of nitrogens with one attached hydrogen (secondary N) is 1. The lowest BCUT2D eigenvalue weighted by molar-refractivity contribution is 0.466. The SMILES string of the molecule is O=c1c2c3c(sc2ncn1C1Cc2ccccc2C1)C[C@H](NCCc1cccnc1)CC3. The van der Waals surface area contributed by atoms with Gasteiger partial charge in [-0.15, -0.1) is 11.3 Å². The lowest BCUT2D eigenvalue weighted by Gasteiger charge is -2.23. The summed E-state index contributed by atoms with van der Waals surface area (Å²) in [5, 5.41) is 4.58. The van der Waals surface area contributed by atoms with Crippen LogP contribution in [0.3, 0.4) is 0 Å². The molecule has 0 fully saturated rings. The van der Waals surface area contributed by atoms with E-state index >= 15 is 0 Å². The Hall–Kier alpha value is -2.83. The molecule has 0 saturated heterocycles. The predicted octanol–water partition coefficient (Wildman–Crippen LogP) is 3.88. The van der Waals surface area contributed by atoms with Gasteiger partial charge in [-0.1, -0.05) is 30.3 Å². The Bertz CT molecular complexity index is 1300. The van der Waals surface area contributed by atoms with E-state index in [4.69, 9.17) is 4.98 Å². The van der Waals surface area contributed by atoms with Crippen LogP contribution in [0.25, 0.3) is 10.2 Å². The van der Waals surface area contributed by atoms with Crippen LogP contribution < -0.4 is 10.9 Å². The molecule has 1 atom stereocenters. The molecule has 0 aliphatic heterocycles. The molecule has 3 aromatic heterocycles. The zero-order chi connectivity index (χ0) is 21.5. The van der Waals surface area contributed by atoms with Crippen molar-refractivity contribution in [3.8, 4) is 0 Å². The molecule has 0 spiro atoms. The second-order valence-corrected chi connectivity index (χ2v) is 10.1. The molecule has 6 heteroatoms. The van der Waals surface area contributed by atoms with Crippen LogP contribution in [0.1, 0.15) is 39.6 Å². The molecule has 0 unspecified atom stereocenters. The number of nitrogens with zero attached hydrogens (tertiary/aromatic N) is 3. The summed E-state index contributed by atoms with van der Waals surface area (Å²) in [6, 6.07) is 13.3. The van der Waals surface area contributed by atoms with Crippen LogP contribution in [0.2, 0.25) is 0 Å². The number of pyridine rings is 1. The molecule has 3 heterocycles. The zero-order valence-corrected chi connectivity index (χ0v) is 18.8. The Morgan fingerprint density at radius 1 is 1.09 bits per heavy atom. The van der Waals surface area contributed by atoms with Gasteiger partial charge in [0.05, 0.1) is 11.7 Å². The van der Waals surface area contributed by atoms with Crippen LogP contribution in [0.15, 0.2) is 59.9 Å². The molecule has 4 aromatic rings. The van der Waals surface area contributed by atoms with Gasteiger partial charge >= 0.3 is 0 Å². The van der Waals surface area contributed by atoms with Gasteiger partial charge in [-0.2, -0.15) is 0 Å². The quantitative estimate of drug-likeness (QED) is 0.510. The summed E-state index contributed by atoms with van der Waals surface area (Å²) in [5.74, 6) is 0. The minimum Gasteiger partial charge on any atom is -0.313 e. The van der Waals surface area contributed by atoms with E-state index in [0.29, 0.717) is 6.04 Å². The van der Waals surface area contributed by atoms with E-state index in [1.54, 1.807) is 17.7 Å². The number of aromatic nitrogens is 3. The highest BCUT2D eigenvalue weighted by molar-refractivity contribution is 7.18. The number of hydrogen-bond donors (Lipinski definition) is 1. The molecule has 0 amide bonds. The zero-order valence-electron chi connectivity index (χ0n) is 18.0. The van der Waals surface area contributed by atoms with Gasteiger partial charge in [-0.3, -0.25) is 14.3 Å². The topological polar surface area (TPSA) is 59.8 Å². The van der Waals surface area contributed by atoms with E-state index in [-0.39, 0.29) is 11.6 Å². The standard InChI is InChI=1S/C26H26N4OS/c31-26-24-22-8-7-20(28-11-9-17-4-3-10-27-15-17)14-23(22)32-25(24)29-16-30(26)21-12-18-5-1-2-6-19(18)13-21/h1-6,10,15-16,20-21,28H,7-9,11-14H2/t20-/m1/s1. The first kappa shape index (κ1) is 19.8. The fourth-order valence-electron chi connectivity index (χ4n) is 5.31. The highest BCUT2D eigenvalue weighted by Gasteiger charge is 2.28. The lowest BCUT2D eigenvalue weighted by atomic mass is 9.93. The third kappa shape index (κ3) is 3.57. The van der Waals surface area contributed by atoms with Crippen molar-refractivity contribution in [3.05, 3.63) is 92.6 Å². The molecule has 0 radical (unpaired) electrons. The summed E-state index contributed by atoms with van der Waals surface area (Å²) in [4.78, 5) is 24.7. The predicted molar refractivity (Wildman–Crippen MR) is 129 cm³/mol. The summed E-state index contributed by atoms with van der Waals surface area (Å²) in [7, 11) is 0. The van der Waals surface area contributed by atoms with E-state index in [1.165, 1.54) is 27.1 Å². The van der Waals surface area contributed by atoms with Crippen molar-refractivity contribution in [2.45, 2.75) is 50.6 Å². The molecule has 5 nitrogen and oxygen atoms in total. The molecular weight excluding hydrogens is 416 g/mol. The highest BCUT2D eigenvalue weighted by atomic mass is 32.1. The van der Waals surface area contributed by atoms with E-state index in [1.807, 2.05) is 23.0 Å². The Balaban J connectivity index is 1.20. The van der Waals surface area contributed by atoms with E-state index in [2.05, 4.69) is 40.6 Å². The van der Waals surface area contributed by atoms with Crippen LogP contribution in [0.5, 0.6) is 0 Å². The maximum absolute atomic E-state index is 13.5. The minimum atomic E-state index is 0.147. The Morgan fingerprint density at radius 3 is 2.72 bits per heavy atom. The number of rotatable bonds is 5. The smallest absolute Gasteiger partial charge is 0.262 e. The Morgan fingerprint density at radius 2 is 1.94 bits per heavy atom. The average molecular weight is 443 g/mol. The van der Waals surface area contributed by atoms with Crippen molar-refractivity contribution in [2.24, 2.45) is 0 Å². The van der Waals surface area contributed by atoms with E-state index < -0.39 is 0 Å². The first-order valence-corrected chi connectivity index (χ1v) is 12.3. The van der Waals surface area contributed by atoms with Crippen LogP contribution >= 0.6 is 11.3 Å². The highest BCUT2D eigenvalue weighted by Crippen LogP contribution is 2.35. The molecule has 1 aromatic carbocycles. The first-order valence-electron chi connectivity index (χ1n) is 11.5. The third-order valence-electron chi connectivity index (χ3n) is 6.99. The summed E-state index contributed by atoms with van der Waals surface area (Å²) in [5.41, 5.74) is 5.37. The molecule has 6 rings (SSSR count). The van der Waals surface area contributed by atoms with Crippen molar-refractivity contribution >= 4 is 21.6 Å². The summed E-state index contributed by atoms with van der Waals surface area (Å²) >= 11 is 1.71. The maximum atomic E-state index is 13.5.